The maximum Gasteiger partial charge on any atom is 0.289 e. The second kappa shape index (κ2) is 8.42. The van der Waals surface area contributed by atoms with Crippen LogP contribution >= 0.6 is 23.2 Å². The standard InChI is InChI=1S/C16H14Cl2N4O2/c1-10(21-22-16(24)14-4-2-3-7-19-14)8-15(23)20-13-6-5-11(17)9-12(13)18/h2-7,9H,8H2,1H3,(H,20,23)(H,22,24). The number of aromatic nitrogens is 1. The highest BCUT2D eigenvalue weighted by atomic mass is 35.5. The molecule has 0 aliphatic rings. The second-order valence-electron chi connectivity index (χ2n) is 4.85. The smallest absolute Gasteiger partial charge is 0.289 e. The van der Waals surface area contributed by atoms with Crippen LogP contribution in [0.1, 0.15) is 23.8 Å². The summed E-state index contributed by atoms with van der Waals surface area (Å²) >= 11 is 11.8. The van der Waals surface area contributed by atoms with Gasteiger partial charge in [0.25, 0.3) is 5.91 Å². The second-order valence-corrected chi connectivity index (χ2v) is 5.70. The quantitative estimate of drug-likeness (QED) is 0.628. The number of hydrazone groups is 1. The molecule has 0 saturated carbocycles. The van der Waals surface area contributed by atoms with E-state index in [0.717, 1.165) is 0 Å². The first-order chi connectivity index (χ1) is 11.5. The van der Waals surface area contributed by atoms with E-state index in [1.165, 1.54) is 12.3 Å². The Kier molecular flexibility index (Phi) is 6.28. The largest absolute Gasteiger partial charge is 0.324 e. The maximum absolute atomic E-state index is 12.0. The molecule has 2 aromatic rings. The molecule has 0 bridgehead atoms. The zero-order chi connectivity index (χ0) is 17.5. The number of hydrogen-bond donors (Lipinski definition) is 2. The van der Waals surface area contributed by atoms with Crippen molar-refractivity contribution in [1.82, 2.24) is 10.4 Å². The Hall–Kier alpha value is -2.44. The molecule has 24 heavy (non-hydrogen) atoms. The molecule has 1 aromatic heterocycles. The molecule has 8 heteroatoms. The fourth-order valence-electron chi connectivity index (χ4n) is 1.76. The van der Waals surface area contributed by atoms with E-state index in [2.05, 4.69) is 20.8 Å². The topological polar surface area (TPSA) is 83.5 Å². The summed E-state index contributed by atoms with van der Waals surface area (Å²) in [5, 5.41) is 7.35. The number of rotatable bonds is 5. The zero-order valence-corrected chi connectivity index (χ0v) is 14.2. The molecule has 6 nitrogen and oxygen atoms in total. The average molecular weight is 365 g/mol. The molecular formula is C16H14Cl2N4O2. The van der Waals surface area contributed by atoms with E-state index in [1.807, 2.05) is 0 Å². The number of nitrogens with one attached hydrogen (secondary N) is 2. The van der Waals surface area contributed by atoms with Crippen molar-refractivity contribution in [3.8, 4) is 0 Å². The van der Waals surface area contributed by atoms with Crippen molar-refractivity contribution in [2.75, 3.05) is 5.32 Å². The van der Waals surface area contributed by atoms with Gasteiger partial charge in [0, 0.05) is 16.9 Å². The van der Waals surface area contributed by atoms with E-state index < -0.39 is 5.91 Å². The van der Waals surface area contributed by atoms with Crippen LogP contribution in [0.5, 0.6) is 0 Å². The highest BCUT2D eigenvalue weighted by Gasteiger charge is 2.09. The van der Waals surface area contributed by atoms with E-state index in [4.69, 9.17) is 23.2 Å². The lowest BCUT2D eigenvalue weighted by atomic mass is 10.2. The lowest BCUT2D eigenvalue weighted by molar-refractivity contribution is -0.115. The van der Waals surface area contributed by atoms with E-state index in [9.17, 15) is 9.59 Å². The fraction of sp³-hybridized carbons (Fsp3) is 0.125. The zero-order valence-electron chi connectivity index (χ0n) is 12.7. The third-order valence-electron chi connectivity index (χ3n) is 2.87. The summed E-state index contributed by atoms with van der Waals surface area (Å²) in [4.78, 5) is 27.7. The number of carbonyl (C=O) groups is 2. The number of nitrogens with zero attached hydrogens (tertiary/aromatic N) is 2. The number of halogens is 2. The SMILES string of the molecule is CC(CC(=O)Nc1ccc(Cl)cc1Cl)=NNC(=O)c1ccccn1. The van der Waals surface area contributed by atoms with Crippen LogP contribution in [0.2, 0.25) is 10.0 Å². The predicted molar refractivity (Wildman–Crippen MR) is 94.5 cm³/mol. The van der Waals surface area contributed by atoms with E-state index in [1.54, 1.807) is 37.3 Å². The Labute approximate surface area is 148 Å². The van der Waals surface area contributed by atoms with Crippen molar-refractivity contribution in [3.05, 3.63) is 58.3 Å². The lowest BCUT2D eigenvalue weighted by Crippen LogP contribution is -2.22. The van der Waals surface area contributed by atoms with Crippen LogP contribution in [0.3, 0.4) is 0 Å². The van der Waals surface area contributed by atoms with Crippen molar-refractivity contribution in [2.24, 2.45) is 5.10 Å². The van der Waals surface area contributed by atoms with Crippen LogP contribution in [0.4, 0.5) is 5.69 Å². The molecule has 2 N–H and O–H groups in total. The average Bonchev–Trinajstić information content (AvgIpc) is 2.56. The molecule has 0 spiro atoms. The molecular weight excluding hydrogens is 351 g/mol. The summed E-state index contributed by atoms with van der Waals surface area (Å²) < 4.78 is 0. The highest BCUT2D eigenvalue weighted by molar-refractivity contribution is 6.36. The van der Waals surface area contributed by atoms with Gasteiger partial charge in [-0.3, -0.25) is 14.6 Å². The van der Waals surface area contributed by atoms with Crippen molar-refractivity contribution in [2.45, 2.75) is 13.3 Å². The van der Waals surface area contributed by atoms with E-state index >= 15 is 0 Å². The third kappa shape index (κ3) is 5.33. The van der Waals surface area contributed by atoms with Crippen LogP contribution in [0.25, 0.3) is 0 Å². The predicted octanol–water partition coefficient (Wildman–Crippen LogP) is 3.52. The van der Waals surface area contributed by atoms with Gasteiger partial charge in [-0.05, 0) is 37.3 Å². The van der Waals surface area contributed by atoms with Gasteiger partial charge in [-0.15, -0.1) is 0 Å². The number of amides is 2. The van der Waals surface area contributed by atoms with Gasteiger partial charge in [-0.1, -0.05) is 29.3 Å². The molecule has 1 heterocycles. The molecule has 2 amide bonds. The Morgan fingerprint density at radius 2 is 2.00 bits per heavy atom. The molecule has 0 unspecified atom stereocenters. The van der Waals surface area contributed by atoms with Gasteiger partial charge in [0.1, 0.15) is 5.69 Å². The summed E-state index contributed by atoms with van der Waals surface area (Å²) in [6.07, 6.45) is 1.51. The third-order valence-corrected chi connectivity index (χ3v) is 3.42. The van der Waals surface area contributed by atoms with Gasteiger partial charge in [-0.25, -0.2) is 5.43 Å². The summed E-state index contributed by atoms with van der Waals surface area (Å²) in [6.45, 7) is 1.63. The number of carbonyl (C=O) groups excluding carboxylic acids is 2. The first-order valence-corrected chi connectivity index (χ1v) is 7.70. The summed E-state index contributed by atoms with van der Waals surface area (Å²) in [7, 11) is 0. The fourth-order valence-corrected chi connectivity index (χ4v) is 2.21. The van der Waals surface area contributed by atoms with Crippen molar-refractivity contribution in [3.63, 3.8) is 0 Å². The van der Waals surface area contributed by atoms with Crippen molar-refractivity contribution < 1.29 is 9.59 Å². The first-order valence-electron chi connectivity index (χ1n) is 6.95. The van der Waals surface area contributed by atoms with Crippen LogP contribution in [0.15, 0.2) is 47.7 Å². The first kappa shape index (κ1) is 17.9. The Balaban J connectivity index is 1.90. The Morgan fingerprint density at radius 3 is 2.67 bits per heavy atom. The summed E-state index contributed by atoms with van der Waals surface area (Å²) in [5.74, 6) is -0.760. The molecule has 124 valence electrons. The molecule has 0 aliphatic heterocycles. The molecule has 0 radical (unpaired) electrons. The number of anilines is 1. The van der Waals surface area contributed by atoms with Gasteiger partial charge in [0.15, 0.2) is 0 Å². The minimum absolute atomic E-state index is 0.00144. The Morgan fingerprint density at radius 1 is 1.21 bits per heavy atom. The van der Waals surface area contributed by atoms with Gasteiger partial charge in [-0.2, -0.15) is 5.10 Å². The highest BCUT2D eigenvalue weighted by Crippen LogP contribution is 2.25. The normalized spacial score (nSPS) is 11.0. The number of hydrogen-bond acceptors (Lipinski definition) is 4. The van der Waals surface area contributed by atoms with Gasteiger partial charge < -0.3 is 5.32 Å². The van der Waals surface area contributed by atoms with Crippen LogP contribution in [-0.4, -0.2) is 22.5 Å². The van der Waals surface area contributed by atoms with Gasteiger partial charge in [0.2, 0.25) is 5.91 Å². The summed E-state index contributed by atoms with van der Waals surface area (Å²) in [6, 6.07) is 9.73. The molecule has 0 fully saturated rings. The van der Waals surface area contributed by atoms with Gasteiger partial charge in [0.05, 0.1) is 17.1 Å². The Bertz CT molecular complexity index is 779. The van der Waals surface area contributed by atoms with Crippen molar-refractivity contribution >= 4 is 46.4 Å². The molecule has 0 atom stereocenters. The molecule has 2 rings (SSSR count). The van der Waals surface area contributed by atoms with E-state index in [0.29, 0.717) is 21.4 Å². The van der Waals surface area contributed by atoms with Crippen LogP contribution < -0.4 is 10.7 Å². The number of benzene rings is 1. The monoisotopic (exact) mass is 364 g/mol. The maximum atomic E-state index is 12.0. The van der Waals surface area contributed by atoms with Crippen molar-refractivity contribution in [1.29, 1.82) is 0 Å². The summed E-state index contributed by atoms with van der Waals surface area (Å²) in [5.41, 5.74) is 3.48. The number of pyridine rings is 1. The molecule has 0 saturated heterocycles. The van der Waals surface area contributed by atoms with E-state index in [-0.39, 0.29) is 18.0 Å². The molecule has 1 aromatic carbocycles. The lowest BCUT2D eigenvalue weighted by Gasteiger charge is -2.07. The minimum Gasteiger partial charge on any atom is -0.324 e. The molecule has 0 aliphatic carbocycles. The minimum atomic E-state index is -0.448. The van der Waals surface area contributed by atoms with Gasteiger partial charge >= 0.3 is 0 Å². The van der Waals surface area contributed by atoms with Crippen LogP contribution in [-0.2, 0) is 4.79 Å². The van der Waals surface area contributed by atoms with Crippen LogP contribution in [0, 0.1) is 0 Å².